The Labute approximate surface area is 146 Å². The summed E-state index contributed by atoms with van der Waals surface area (Å²) in [4.78, 5) is 23.6. The summed E-state index contributed by atoms with van der Waals surface area (Å²) in [5, 5.41) is 3.83. The summed E-state index contributed by atoms with van der Waals surface area (Å²) in [6.45, 7) is 0. The Morgan fingerprint density at radius 3 is 2.00 bits per heavy atom. The second-order valence-electron chi connectivity index (χ2n) is 5.43. The van der Waals surface area contributed by atoms with Gasteiger partial charge in [-0.2, -0.15) is 5.10 Å². The molecule has 2 aromatic rings. The number of rotatable bonds is 7. The van der Waals surface area contributed by atoms with Crippen molar-refractivity contribution < 1.29 is 14.3 Å². The lowest BCUT2D eigenvalue weighted by atomic mass is 10.1. The van der Waals surface area contributed by atoms with Gasteiger partial charge in [0.15, 0.2) is 7.05 Å². The highest BCUT2D eigenvalue weighted by Gasteiger charge is 2.06. The minimum Gasteiger partial charge on any atom is -0.273 e. The topological polar surface area (TPSA) is 73.6 Å². The average molecular weight is 337 g/mol. The van der Waals surface area contributed by atoms with Crippen molar-refractivity contribution in [1.82, 2.24) is 10.9 Å². The maximum absolute atomic E-state index is 11.9. The molecule has 2 amide bonds. The Morgan fingerprint density at radius 1 is 0.920 bits per heavy atom. The third kappa shape index (κ3) is 7.22. The molecule has 0 aromatic heterocycles. The highest BCUT2D eigenvalue weighted by atomic mass is 16.2. The van der Waals surface area contributed by atoms with Crippen LogP contribution in [-0.2, 0) is 22.4 Å². The predicted octanol–water partition coefficient (Wildman–Crippen LogP) is 1.32. The number of amides is 2. The van der Waals surface area contributed by atoms with Gasteiger partial charge in [-0.3, -0.25) is 9.59 Å². The monoisotopic (exact) mass is 337 g/mol. The molecule has 2 rings (SSSR count). The number of hydrazine groups is 1. The van der Waals surface area contributed by atoms with Gasteiger partial charge in [-0.15, -0.1) is 10.1 Å². The minimum absolute atomic E-state index is 0.133. The van der Waals surface area contributed by atoms with Crippen LogP contribution in [0.25, 0.3) is 0 Å². The van der Waals surface area contributed by atoms with Crippen LogP contribution in [0.4, 0.5) is 0 Å². The van der Waals surface area contributed by atoms with Crippen LogP contribution in [0.2, 0.25) is 0 Å². The van der Waals surface area contributed by atoms with E-state index in [2.05, 4.69) is 16.0 Å². The van der Waals surface area contributed by atoms with Crippen molar-refractivity contribution in [2.24, 2.45) is 5.10 Å². The maximum atomic E-state index is 11.9. The normalized spacial score (nSPS) is 11.3. The lowest BCUT2D eigenvalue weighted by molar-refractivity contribution is -0.540. The Hall–Kier alpha value is -3.28. The molecule has 0 unspecified atom stereocenters. The Kier molecular flexibility index (Phi) is 7.06. The van der Waals surface area contributed by atoms with E-state index in [-0.39, 0.29) is 18.2 Å². The summed E-state index contributed by atoms with van der Waals surface area (Å²) in [7, 11) is 1.68. The van der Waals surface area contributed by atoms with Crippen LogP contribution in [0.5, 0.6) is 0 Å². The molecule has 0 aliphatic rings. The number of nitrogens with zero attached hydrogens (tertiary/aromatic N) is 2. The fourth-order valence-corrected chi connectivity index (χ4v) is 2.12. The third-order valence-corrected chi connectivity index (χ3v) is 3.27. The maximum Gasteiger partial charge on any atom is 0.278 e. The fourth-order valence-electron chi connectivity index (χ4n) is 2.12. The molecule has 0 radical (unpaired) electrons. The van der Waals surface area contributed by atoms with Gasteiger partial charge in [0.25, 0.3) is 5.91 Å². The first-order chi connectivity index (χ1) is 12.1. The second kappa shape index (κ2) is 9.77. The van der Waals surface area contributed by atoms with Gasteiger partial charge >= 0.3 is 0 Å². The number of nitrogens with one attached hydrogen (secondary N) is 2. The zero-order chi connectivity index (χ0) is 17.9. The number of hydrogen-bond acceptors (Lipinski definition) is 3. The van der Waals surface area contributed by atoms with Gasteiger partial charge in [0, 0.05) is 0 Å². The van der Waals surface area contributed by atoms with Crippen molar-refractivity contribution in [2.75, 3.05) is 7.05 Å². The number of benzene rings is 2. The molecule has 6 nitrogen and oxygen atoms in total. The smallest absolute Gasteiger partial charge is 0.273 e. The highest BCUT2D eigenvalue weighted by molar-refractivity contribution is 6.13. The van der Waals surface area contributed by atoms with E-state index in [1.54, 1.807) is 13.3 Å². The van der Waals surface area contributed by atoms with E-state index in [9.17, 15) is 9.59 Å². The van der Waals surface area contributed by atoms with E-state index in [0.29, 0.717) is 6.42 Å². The molecule has 0 heterocycles. The molecule has 0 fully saturated rings. The summed E-state index contributed by atoms with van der Waals surface area (Å²) < 4.78 is 1.48. The number of hydrazone groups is 2. The lowest BCUT2D eigenvalue weighted by Crippen LogP contribution is -2.34. The Morgan fingerprint density at radius 2 is 1.44 bits per heavy atom. The van der Waals surface area contributed by atoms with Crippen molar-refractivity contribution in [2.45, 2.75) is 12.8 Å². The molecule has 2 aromatic carbocycles. The molecule has 0 atom stereocenters. The van der Waals surface area contributed by atoms with Crippen LogP contribution in [-0.4, -0.2) is 36.0 Å². The van der Waals surface area contributed by atoms with E-state index in [1.807, 2.05) is 60.7 Å². The molecule has 0 saturated heterocycles. The van der Waals surface area contributed by atoms with Gasteiger partial charge in [0.05, 0.1) is 12.8 Å². The van der Waals surface area contributed by atoms with Crippen LogP contribution in [0.1, 0.15) is 11.1 Å². The number of carbonyl (C=O) groups excluding carboxylic acids is 2. The molecule has 0 bridgehead atoms. The van der Waals surface area contributed by atoms with Gasteiger partial charge in [-0.25, -0.2) is 5.43 Å². The van der Waals surface area contributed by atoms with E-state index >= 15 is 0 Å². The summed E-state index contributed by atoms with van der Waals surface area (Å²) in [5.74, 6) is -0.335. The van der Waals surface area contributed by atoms with Crippen LogP contribution in [0.3, 0.4) is 0 Å². The van der Waals surface area contributed by atoms with E-state index in [4.69, 9.17) is 0 Å². The first-order valence-corrected chi connectivity index (χ1v) is 7.89. The SMILES string of the molecule is C[N+](=CC=NNC(=O)Cc1ccccc1)NC(=O)Cc1ccccc1. The molecule has 0 aliphatic carbocycles. The molecular formula is C19H21N4O2+. The van der Waals surface area contributed by atoms with E-state index in [1.165, 1.54) is 10.9 Å². The molecule has 6 heteroatoms. The van der Waals surface area contributed by atoms with Gasteiger partial charge in [0.1, 0.15) is 6.21 Å². The molecule has 0 spiro atoms. The largest absolute Gasteiger partial charge is 0.278 e. The van der Waals surface area contributed by atoms with Gasteiger partial charge < -0.3 is 0 Å². The quantitative estimate of drug-likeness (QED) is 0.454. The van der Waals surface area contributed by atoms with Crippen LogP contribution in [0.15, 0.2) is 65.8 Å². The molecule has 128 valence electrons. The van der Waals surface area contributed by atoms with Crippen molar-refractivity contribution in [3.05, 3.63) is 71.8 Å². The first-order valence-electron chi connectivity index (χ1n) is 7.89. The van der Waals surface area contributed by atoms with Crippen molar-refractivity contribution in [3.63, 3.8) is 0 Å². The van der Waals surface area contributed by atoms with Crippen molar-refractivity contribution in [1.29, 1.82) is 0 Å². The average Bonchev–Trinajstić information content (AvgIpc) is 2.60. The van der Waals surface area contributed by atoms with Gasteiger partial charge in [-0.05, 0) is 11.1 Å². The minimum atomic E-state index is -0.202. The Bertz CT molecular complexity index is 756. The summed E-state index contributed by atoms with van der Waals surface area (Å²) in [5.41, 5.74) is 6.99. The number of carbonyl (C=O) groups is 2. The Balaban J connectivity index is 1.73. The summed E-state index contributed by atoms with van der Waals surface area (Å²) >= 11 is 0. The molecular weight excluding hydrogens is 316 g/mol. The van der Waals surface area contributed by atoms with Crippen molar-refractivity contribution >= 4 is 24.2 Å². The number of hydrogen-bond donors (Lipinski definition) is 2. The third-order valence-electron chi connectivity index (χ3n) is 3.27. The standard InChI is InChI=1S/C19H20N4O2/c1-23(22-19(25)15-17-10-6-3-7-11-17)13-12-20-21-18(24)14-16-8-4-2-5-9-16/h2-13H,14-15H2,1H3,(H,22,25)/p+1. The highest BCUT2D eigenvalue weighted by Crippen LogP contribution is 1.99. The van der Waals surface area contributed by atoms with E-state index in [0.717, 1.165) is 11.1 Å². The summed E-state index contributed by atoms with van der Waals surface area (Å²) in [6, 6.07) is 18.9. The molecule has 0 saturated carbocycles. The summed E-state index contributed by atoms with van der Waals surface area (Å²) in [6.07, 6.45) is 3.52. The first kappa shape index (κ1) is 18.1. The van der Waals surface area contributed by atoms with Gasteiger partial charge in [0.2, 0.25) is 12.1 Å². The van der Waals surface area contributed by atoms with Gasteiger partial charge in [-0.1, -0.05) is 60.7 Å². The lowest BCUT2D eigenvalue weighted by Gasteiger charge is -2.00. The zero-order valence-electron chi connectivity index (χ0n) is 14.1. The molecule has 25 heavy (non-hydrogen) atoms. The van der Waals surface area contributed by atoms with Crippen LogP contribution >= 0.6 is 0 Å². The molecule has 2 N–H and O–H groups in total. The zero-order valence-corrected chi connectivity index (χ0v) is 14.1. The van der Waals surface area contributed by atoms with Crippen molar-refractivity contribution in [3.8, 4) is 0 Å². The van der Waals surface area contributed by atoms with Crippen LogP contribution in [0, 0.1) is 0 Å². The molecule has 0 aliphatic heterocycles. The van der Waals surface area contributed by atoms with E-state index < -0.39 is 0 Å². The van der Waals surface area contributed by atoms with Crippen LogP contribution < -0.4 is 10.9 Å². The second-order valence-corrected chi connectivity index (χ2v) is 5.43. The fraction of sp³-hybridized carbons (Fsp3) is 0.158. The predicted molar refractivity (Wildman–Crippen MR) is 97.3 cm³/mol.